The molecule has 8 nitrogen and oxygen atoms in total. The van der Waals surface area contributed by atoms with Gasteiger partial charge in [-0.3, -0.25) is 9.59 Å². The fourth-order valence-corrected chi connectivity index (χ4v) is 4.75. The Labute approximate surface area is 253 Å². The Bertz CT molecular complexity index is 1610. The first-order valence-electron chi connectivity index (χ1n) is 12.7. The molecule has 4 rings (SSSR count). The number of unbranched alkanes of at least 4 members (excludes halogenated alkanes) is 1. The van der Waals surface area contributed by atoms with Gasteiger partial charge >= 0.3 is 0 Å². The lowest BCUT2D eigenvalue weighted by molar-refractivity contribution is -0.118. The topological polar surface area (TPSA) is 94.8 Å². The highest BCUT2D eigenvalue weighted by atomic mass is 79.9. The average molecular weight is 691 g/mol. The highest BCUT2D eigenvalue weighted by Gasteiger charge is 2.14. The molecule has 4 aromatic rings. The van der Waals surface area contributed by atoms with Gasteiger partial charge in [0.2, 0.25) is 0 Å². The first-order chi connectivity index (χ1) is 19.3. The number of carbonyl (C=O) groups excluding carboxylic acids is 1. The van der Waals surface area contributed by atoms with E-state index in [9.17, 15) is 9.59 Å². The molecule has 0 unspecified atom stereocenters. The Balaban J connectivity index is 1.60. The zero-order valence-corrected chi connectivity index (χ0v) is 25.8. The predicted molar refractivity (Wildman–Crippen MR) is 166 cm³/mol. The SMILES string of the molecule is CCCCc1nc2ccc(Br)cc2c(=O)n1N=Cc1cc(OCC)c(OCC(=O)Nc2ccc(Cl)cc2)cc1Br. The number of aryl methyl sites for hydroxylation is 1. The van der Waals surface area contributed by atoms with Crippen molar-refractivity contribution < 1.29 is 14.3 Å². The maximum atomic E-state index is 13.4. The summed E-state index contributed by atoms with van der Waals surface area (Å²) in [6.45, 7) is 4.10. The number of benzene rings is 3. The minimum absolute atomic E-state index is 0.225. The third kappa shape index (κ3) is 7.50. The second kappa shape index (κ2) is 13.9. The number of rotatable bonds is 11. The smallest absolute Gasteiger partial charge is 0.282 e. The molecule has 1 heterocycles. The standard InChI is InChI=1S/C29H27Br2ClN4O4/c1-3-5-6-27-35-24-12-7-19(30)14-22(24)29(38)36(27)33-16-18-13-25(39-4-2)26(15-23(18)31)40-17-28(37)34-21-10-8-20(32)9-11-21/h7-16H,3-6,17H2,1-2H3,(H,34,37). The Morgan fingerprint density at radius 2 is 1.82 bits per heavy atom. The van der Waals surface area contributed by atoms with Crippen LogP contribution in [0.25, 0.3) is 10.9 Å². The summed E-state index contributed by atoms with van der Waals surface area (Å²) in [6.07, 6.45) is 4.03. The third-order valence-corrected chi connectivity index (χ3v) is 7.22. The minimum atomic E-state index is -0.332. The van der Waals surface area contributed by atoms with Crippen LogP contribution >= 0.6 is 43.5 Å². The zero-order chi connectivity index (χ0) is 28.6. The molecule has 0 saturated heterocycles. The Hall–Kier alpha value is -3.21. The lowest BCUT2D eigenvalue weighted by Crippen LogP contribution is -2.22. The van der Waals surface area contributed by atoms with Gasteiger partial charge in [0.25, 0.3) is 11.5 Å². The zero-order valence-electron chi connectivity index (χ0n) is 21.9. The number of hydrogen-bond acceptors (Lipinski definition) is 6. The van der Waals surface area contributed by atoms with Crippen LogP contribution < -0.4 is 20.3 Å². The molecule has 0 bridgehead atoms. The van der Waals surface area contributed by atoms with Gasteiger partial charge in [0.05, 0.1) is 23.7 Å². The summed E-state index contributed by atoms with van der Waals surface area (Å²) in [5.74, 6) is 1.08. The van der Waals surface area contributed by atoms with E-state index in [2.05, 4.69) is 49.2 Å². The van der Waals surface area contributed by atoms with E-state index in [1.165, 1.54) is 4.68 Å². The normalized spacial score (nSPS) is 11.2. The van der Waals surface area contributed by atoms with Crippen molar-refractivity contribution in [1.82, 2.24) is 9.66 Å². The fraction of sp³-hybridized carbons (Fsp3) is 0.241. The number of hydrogen-bond donors (Lipinski definition) is 1. The number of anilines is 1. The van der Waals surface area contributed by atoms with Crippen LogP contribution in [0.3, 0.4) is 0 Å². The summed E-state index contributed by atoms with van der Waals surface area (Å²) < 4.78 is 14.3. The quantitative estimate of drug-likeness (QED) is 0.168. The van der Waals surface area contributed by atoms with Gasteiger partial charge in [-0.15, -0.1) is 0 Å². The van der Waals surface area contributed by atoms with Crippen molar-refractivity contribution in [2.24, 2.45) is 5.10 Å². The lowest BCUT2D eigenvalue weighted by atomic mass is 10.2. The van der Waals surface area contributed by atoms with Crippen LogP contribution in [-0.4, -0.2) is 35.0 Å². The molecule has 1 N–H and O–H groups in total. The molecule has 1 amide bonds. The number of fused-ring (bicyclic) bond motifs is 1. The van der Waals surface area contributed by atoms with Gasteiger partial charge in [-0.05, 0) is 83.9 Å². The van der Waals surface area contributed by atoms with Crippen LogP contribution in [0.15, 0.2) is 73.4 Å². The van der Waals surface area contributed by atoms with Gasteiger partial charge in [0, 0.05) is 31.6 Å². The van der Waals surface area contributed by atoms with Crippen LogP contribution in [0.4, 0.5) is 5.69 Å². The van der Waals surface area contributed by atoms with Crippen LogP contribution in [0.1, 0.15) is 38.1 Å². The minimum Gasteiger partial charge on any atom is -0.490 e. The lowest BCUT2D eigenvalue weighted by Gasteiger charge is -2.14. The monoisotopic (exact) mass is 688 g/mol. The van der Waals surface area contributed by atoms with Gasteiger partial charge in [-0.2, -0.15) is 9.78 Å². The molecule has 11 heteroatoms. The van der Waals surface area contributed by atoms with Crippen molar-refractivity contribution in [2.45, 2.75) is 33.1 Å². The first kappa shape index (κ1) is 29.8. The molecular weight excluding hydrogens is 664 g/mol. The maximum absolute atomic E-state index is 13.4. The molecule has 3 aromatic carbocycles. The molecule has 0 aliphatic heterocycles. The fourth-order valence-electron chi connectivity index (χ4n) is 3.83. The van der Waals surface area contributed by atoms with Crippen LogP contribution in [0, 0.1) is 0 Å². The molecular formula is C29H27Br2ClN4O4. The molecule has 40 heavy (non-hydrogen) atoms. The molecule has 0 fully saturated rings. The summed E-state index contributed by atoms with van der Waals surface area (Å²) in [4.78, 5) is 30.5. The summed E-state index contributed by atoms with van der Waals surface area (Å²) in [5.41, 5.74) is 1.65. The second-order valence-corrected chi connectivity index (χ2v) is 11.0. The van der Waals surface area contributed by atoms with E-state index in [4.69, 9.17) is 26.1 Å². The Morgan fingerprint density at radius 1 is 1.07 bits per heavy atom. The first-order valence-corrected chi connectivity index (χ1v) is 14.7. The molecule has 0 atom stereocenters. The van der Waals surface area contributed by atoms with Gasteiger partial charge in [-0.1, -0.05) is 40.9 Å². The van der Waals surface area contributed by atoms with Crippen LogP contribution in [0.5, 0.6) is 11.5 Å². The number of carbonyl (C=O) groups is 1. The highest BCUT2D eigenvalue weighted by molar-refractivity contribution is 9.10. The average Bonchev–Trinajstić information content (AvgIpc) is 2.93. The van der Waals surface area contributed by atoms with E-state index in [0.717, 1.165) is 17.3 Å². The Kier molecular flexibility index (Phi) is 10.4. The summed E-state index contributed by atoms with van der Waals surface area (Å²) >= 11 is 12.9. The van der Waals surface area contributed by atoms with E-state index in [1.54, 1.807) is 48.7 Å². The van der Waals surface area contributed by atoms with Crippen molar-refractivity contribution in [1.29, 1.82) is 0 Å². The van der Waals surface area contributed by atoms with Gasteiger partial charge < -0.3 is 14.8 Å². The van der Waals surface area contributed by atoms with Crippen molar-refractivity contribution in [3.05, 3.63) is 90.3 Å². The summed E-state index contributed by atoms with van der Waals surface area (Å²) in [6, 6.07) is 15.7. The van der Waals surface area contributed by atoms with Gasteiger partial charge in [0.1, 0.15) is 5.82 Å². The maximum Gasteiger partial charge on any atom is 0.282 e. The molecule has 0 aliphatic rings. The Morgan fingerprint density at radius 3 is 2.55 bits per heavy atom. The molecule has 0 spiro atoms. The molecule has 0 saturated carbocycles. The van der Waals surface area contributed by atoms with Crippen molar-refractivity contribution in [3.63, 3.8) is 0 Å². The van der Waals surface area contributed by atoms with Crippen LogP contribution in [-0.2, 0) is 11.2 Å². The number of nitrogens with zero attached hydrogens (tertiary/aromatic N) is 3. The largest absolute Gasteiger partial charge is 0.490 e. The van der Waals surface area contributed by atoms with E-state index < -0.39 is 0 Å². The van der Waals surface area contributed by atoms with Gasteiger partial charge in [0.15, 0.2) is 18.1 Å². The van der Waals surface area contributed by atoms with E-state index >= 15 is 0 Å². The molecule has 208 valence electrons. The number of ether oxygens (including phenoxy) is 2. The van der Waals surface area contributed by atoms with Crippen molar-refractivity contribution >= 4 is 72.2 Å². The predicted octanol–water partition coefficient (Wildman–Crippen LogP) is 7.22. The molecule has 1 aromatic heterocycles. The summed E-state index contributed by atoms with van der Waals surface area (Å²) in [7, 11) is 0. The van der Waals surface area contributed by atoms with Crippen molar-refractivity contribution in [3.8, 4) is 11.5 Å². The third-order valence-electron chi connectivity index (χ3n) is 5.79. The highest BCUT2D eigenvalue weighted by Crippen LogP contribution is 2.33. The number of aromatic nitrogens is 2. The number of amides is 1. The number of nitrogens with one attached hydrogen (secondary N) is 1. The van der Waals surface area contributed by atoms with Gasteiger partial charge in [-0.25, -0.2) is 4.98 Å². The molecule has 0 aliphatic carbocycles. The van der Waals surface area contributed by atoms with Crippen molar-refractivity contribution in [2.75, 3.05) is 18.5 Å². The molecule has 0 radical (unpaired) electrons. The van der Waals surface area contributed by atoms with E-state index in [-0.39, 0.29) is 18.1 Å². The summed E-state index contributed by atoms with van der Waals surface area (Å²) in [5, 5.41) is 8.34. The van der Waals surface area contributed by atoms with E-state index in [0.29, 0.717) is 62.0 Å². The number of halogens is 3. The van der Waals surface area contributed by atoms with E-state index in [1.807, 2.05) is 19.1 Å². The second-order valence-electron chi connectivity index (χ2n) is 8.75. The van der Waals surface area contributed by atoms with Crippen LogP contribution in [0.2, 0.25) is 5.02 Å².